The number of aryl methyl sites for hydroxylation is 1. The van der Waals surface area contributed by atoms with E-state index in [1.54, 1.807) is 6.07 Å². The molecule has 0 saturated heterocycles. The van der Waals surface area contributed by atoms with Crippen LogP contribution >= 0.6 is 0 Å². The maximum absolute atomic E-state index is 13.9. The lowest BCUT2D eigenvalue weighted by atomic mass is 10.0. The number of nitrogens with zero attached hydrogens (tertiary/aromatic N) is 4. The van der Waals surface area contributed by atoms with Gasteiger partial charge in [0.2, 0.25) is 0 Å². The summed E-state index contributed by atoms with van der Waals surface area (Å²) in [5.41, 5.74) is 2.65. The Morgan fingerprint density at radius 2 is 2.05 bits per heavy atom. The number of aliphatic imine (C=N–C) groups is 2. The summed E-state index contributed by atoms with van der Waals surface area (Å²) in [6, 6.07) is 11.3. The molecule has 0 radical (unpaired) electrons. The van der Waals surface area contributed by atoms with Crippen LogP contribution in [0.2, 0.25) is 0 Å². The summed E-state index contributed by atoms with van der Waals surface area (Å²) in [6.07, 6.45) is 3.27. The molecule has 2 aliphatic heterocycles. The molecule has 3 aromatic rings. The highest BCUT2D eigenvalue weighted by molar-refractivity contribution is 7.90. The summed E-state index contributed by atoms with van der Waals surface area (Å²) in [7, 11) is -1.34. The third kappa shape index (κ3) is 5.55. The van der Waals surface area contributed by atoms with Crippen molar-refractivity contribution in [1.29, 1.82) is 0 Å². The van der Waals surface area contributed by atoms with E-state index < -0.39 is 27.2 Å². The minimum Gasteiger partial charge on any atom is -0.755 e. The lowest BCUT2D eigenvalue weighted by molar-refractivity contribution is -0.110. The lowest BCUT2D eigenvalue weighted by Gasteiger charge is -2.30. The first-order valence-electron chi connectivity index (χ1n) is 12.7. The first-order chi connectivity index (χ1) is 19.6. The average molecular weight is 599 g/mol. The van der Waals surface area contributed by atoms with Crippen molar-refractivity contribution in [2.75, 3.05) is 42.2 Å². The number of fused-ring (bicyclic) bond motifs is 2. The van der Waals surface area contributed by atoms with Crippen LogP contribution in [-0.4, -0.2) is 71.2 Å². The van der Waals surface area contributed by atoms with Gasteiger partial charge < -0.3 is 29.2 Å². The maximum Gasteiger partial charge on any atom is 0.278 e. The van der Waals surface area contributed by atoms with E-state index >= 15 is 0 Å². The van der Waals surface area contributed by atoms with E-state index in [2.05, 4.69) is 36.8 Å². The number of sulfonamides is 1. The number of carbonyl (C=O) groups excluding carboxylic acids is 1. The minimum absolute atomic E-state index is 0.0250. The molecular formula is C26H28N7O6S2-. The van der Waals surface area contributed by atoms with Crippen molar-refractivity contribution in [2.45, 2.75) is 24.7 Å². The third-order valence-electron chi connectivity index (χ3n) is 6.82. The topological polar surface area (TPSA) is 172 Å². The predicted molar refractivity (Wildman–Crippen MR) is 157 cm³/mol. The first-order valence-corrected chi connectivity index (χ1v) is 15.2. The van der Waals surface area contributed by atoms with Crippen molar-refractivity contribution >= 4 is 67.3 Å². The normalized spacial score (nSPS) is 16.8. The number of amidine groups is 1. The predicted octanol–water partition coefficient (Wildman–Crippen LogP) is 3.08. The van der Waals surface area contributed by atoms with Gasteiger partial charge in [0.25, 0.3) is 15.9 Å². The fourth-order valence-electron chi connectivity index (χ4n) is 4.82. The Morgan fingerprint density at radius 3 is 2.78 bits per heavy atom. The van der Waals surface area contributed by atoms with Crippen LogP contribution in [0.3, 0.4) is 0 Å². The number of ether oxygens (including phenoxy) is 1. The minimum atomic E-state index is -4.03. The van der Waals surface area contributed by atoms with Gasteiger partial charge in [0, 0.05) is 49.0 Å². The molecule has 1 aromatic heterocycles. The van der Waals surface area contributed by atoms with Crippen LogP contribution in [-0.2, 0) is 32.5 Å². The van der Waals surface area contributed by atoms with Crippen molar-refractivity contribution in [3.05, 3.63) is 54.2 Å². The first kappa shape index (κ1) is 28.3. The van der Waals surface area contributed by atoms with Gasteiger partial charge in [-0.15, -0.1) is 0 Å². The molecule has 0 saturated carbocycles. The molecule has 0 fully saturated rings. The van der Waals surface area contributed by atoms with E-state index in [-0.39, 0.29) is 39.4 Å². The number of methoxy groups -OCH3 is 1. The smallest absolute Gasteiger partial charge is 0.278 e. The molecule has 15 heteroatoms. The van der Waals surface area contributed by atoms with Crippen LogP contribution in [0.25, 0.3) is 0 Å². The Labute approximate surface area is 239 Å². The second kappa shape index (κ2) is 11.3. The molecule has 0 aliphatic carbocycles. The summed E-state index contributed by atoms with van der Waals surface area (Å²) >= 11 is -2.60. The third-order valence-corrected chi connectivity index (χ3v) is 9.00. The molecule has 3 N–H and O–H groups in total. The molecule has 1 unspecified atom stereocenters. The van der Waals surface area contributed by atoms with Gasteiger partial charge in [-0.1, -0.05) is 0 Å². The van der Waals surface area contributed by atoms with Gasteiger partial charge in [-0.2, -0.15) is 0 Å². The summed E-state index contributed by atoms with van der Waals surface area (Å²) in [5, 5.41) is 2.68. The lowest BCUT2D eigenvalue weighted by Crippen LogP contribution is -2.44. The fourth-order valence-corrected chi connectivity index (χ4v) is 6.38. The van der Waals surface area contributed by atoms with E-state index in [0.29, 0.717) is 5.69 Å². The van der Waals surface area contributed by atoms with Crippen molar-refractivity contribution < 1.29 is 26.7 Å². The molecule has 41 heavy (non-hydrogen) atoms. The van der Waals surface area contributed by atoms with Gasteiger partial charge in [0.15, 0.2) is 17.4 Å². The van der Waals surface area contributed by atoms with Crippen LogP contribution in [0.1, 0.15) is 18.9 Å². The number of carbonyl (C=O) groups is 1. The van der Waals surface area contributed by atoms with Crippen LogP contribution in [0.5, 0.6) is 5.75 Å². The Balaban J connectivity index is 1.61. The Kier molecular flexibility index (Phi) is 7.84. The summed E-state index contributed by atoms with van der Waals surface area (Å²) in [5.74, 6) is -0.664. The fraction of sp³-hybridized carbons (Fsp3) is 0.269. The van der Waals surface area contributed by atoms with Crippen molar-refractivity contribution in [2.24, 2.45) is 9.98 Å². The van der Waals surface area contributed by atoms with E-state index in [9.17, 15) is 22.0 Å². The molecule has 2 aromatic carbocycles. The van der Waals surface area contributed by atoms with E-state index in [4.69, 9.17) is 4.74 Å². The highest BCUT2D eigenvalue weighted by atomic mass is 32.2. The van der Waals surface area contributed by atoms with Crippen molar-refractivity contribution in [3.8, 4) is 5.75 Å². The quantitative estimate of drug-likeness (QED) is 0.264. The van der Waals surface area contributed by atoms with Gasteiger partial charge >= 0.3 is 0 Å². The SMILES string of the molecule is CCN1CCCc2cc(N=C(C(=O)Nc3cc(NS(=O)[O-])ccc3OC)C3=Nc4[nH]ccc4S(=O)(=O)N3C)ccc21. The highest BCUT2D eigenvalue weighted by Crippen LogP contribution is 2.34. The zero-order valence-electron chi connectivity index (χ0n) is 22.5. The largest absolute Gasteiger partial charge is 0.755 e. The average Bonchev–Trinajstić information content (AvgIpc) is 3.43. The molecule has 13 nitrogen and oxygen atoms in total. The number of aromatic amines is 1. The van der Waals surface area contributed by atoms with Gasteiger partial charge in [-0.25, -0.2) is 18.4 Å². The monoisotopic (exact) mass is 598 g/mol. The number of benzene rings is 2. The molecule has 0 spiro atoms. The van der Waals surface area contributed by atoms with Crippen molar-refractivity contribution in [1.82, 2.24) is 9.29 Å². The second-order valence-corrected chi connectivity index (χ2v) is 11.9. The van der Waals surface area contributed by atoms with E-state index in [1.807, 2.05) is 12.1 Å². The second-order valence-electron chi connectivity index (χ2n) is 9.26. The Morgan fingerprint density at radius 1 is 1.24 bits per heavy atom. The maximum atomic E-state index is 13.9. The highest BCUT2D eigenvalue weighted by Gasteiger charge is 2.37. The Bertz CT molecular complexity index is 1700. The van der Waals surface area contributed by atoms with E-state index in [0.717, 1.165) is 41.5 Å². The number of amides is 1. The van der Waals surface area contributed by atoms with Crippen LogP contribution in [0.15, 0.2) is 63.5 Å². The van der Waals surface area contributed by atoms with Gasteiger partial charge in [0.1, 0.15) is 10.6 Å². The van der Waals surface area contributed by atoms with Gasteiger partial charge in [0.05, 0.1) is 18.5 Å². The molecular weight excluding hydrogens is 570 g/mol. The summed E-state index contributed by atoms with van der Waals surface area (Å²) < 4.78 is 57.3. The Hall–Kier alpha value is -4.21. The molecule has 5 rings (SSSR count). The van der Waals surface area contributed by atoms with Crippen molar-refractivity contribution in [3.63, 3.8) is 0 Å². The molecule has 216 valence electrons. The molecule has 2 aliphatic rings. The van der Waals surface area contributed by atoms with Crippen LogP contribution in [0, 0.1) is 0 Å². The van der Waals surface area contributed by atoms with E-state index in [1.165, 1.54) is 44.6 Å². The number of nitrogens with one attached hydrogen (secondary N) is 3. The molecule has 1 amide bonds. The van der Waals surface area contributed by atoms with Crippen LogP contribution < -0.4 is 19.7 Å². The van der Waals surface area contributed by atoms with Crippen LogP contribution in [0.4, 0.5) is 28.6 Å². The number of hydrogen-bond acceptors (Lipinski definition) is 9. The molecule has 3 heterocycles. The number of rotatable bonds is 8. The molecule has 0 bridgehead atoms. The van der Waals surface area contributed by atoms with Gasteiger partial charge in [-0.3, -0.25) is 13.3 Å². The van der Waals surface area contributed by atoms with Gasteiger partial charge in [-0.05, 0) is 67.8 Å². The number of aromatic nitrogens is 1. The summed E-state index contributed by atoms with van der Waals surface area (Å²) in [4.78, 5) is 27.9. The number of hydrogen-bond donors (Lipinski definition) is 3. The summed E-state index contributed by atoms with van der Waals surface area (Å²) in [6.45, 7) is 3.90. The number of anilines is 3. The zero-order valence-corrected chi connectivity index (χ0v) is 24.1. The zero-order chi connectivity index (χ0) is 29.3. The standard InChI is InChI=1S/C26H29N7O6S2/c1-4-33-13-5-6-16-14-17(7-9-20(16)33)28-23(25-30-24-22(11-12-27-24)41(37,38)32(25)2)26(34)29-19-15-18(31-40(35)36)8-10-21(19)39-3/h7-12,14-15,27,31H,4-6,13H2,1-3H3,(H,29,34)(H,35,36)/p-1. The molecule has 1 atom stereocenters. The number of H-pyrrole nitrogens is 1.